The summed E-state index contributed by atoms with van der Waals surface area (Å²) in [4.78, 5) is 2.18. The Labute approximate surface area is 120 Å². The molecule has 2 aromatic rings. The number of nitrogens with zero attached hydrogens (tertiary/aromatic N) is 1. The van der Waals surface area contributed by atoms with Crippen LogP contribution in [0.15, 0.2) is 48.5 Å². The summed E-state index contributed by atoms with van der Waals surface area (Å²) in [7, 11) is 0. The zero-order valence-electron chi connectivity index (χ0n) is 14.6. The smallest absolute Gasteiger partial charge is 0.0452 e. The summed E-state index contributed by atoms with van der Waals surface area (Å²) in [6.45, 7) is 3.89. The number of fused-ring (bicyclic) bond motifs is 1. The highest BCUT2D eigenvalue weighted by Crippen LogP contribution is 2.48. The zero-order chi connectivity index (χ0) is 16.1. The molecule has 0 bridgehead atoms. The summed E-state index contributed by atoms with van der Waals surface area (Å²) in [6, 6.07) is 15.9. The molecular formula is C18H21N. The van der Waals surface area contributed by atoms with Crippen LogP contribution < -0.4 is 4.90 Å². The van der Waals surface area contributed by atoms with Crippen molar-refractivity contribution in [2.75, 3.05) is 4.90 Å². The van der Waals surface area contributed by atoms with Crippen LogP contribution in [0, 0.1) is 6.92 Å². The topological polar surface area (TPSA) is 3.24 Å². The number of aryl methyl sites for hydroxylation is 1. The van der Waals surface area contributed by atoms with Crippen molar-refractivity contribution in [3.8, 4) is 0 Å². The molecule has 1 heteroatoms. The van der Waals surface area contributed by atoms with E-state index in [1.807, 2.05) is 50.2 Å². The van der Waals surface area contributed by atoms with Gasteiger partial charge in [-0.15, -0.1) is 0 Å². The molecule has 2 aromatic carbocycles. The Kier molecular flexibility index (Phi) is 2.00. The minimum Gasteiger partial charge on any atom is -0.337 e. The Bertz CT molecular complexity index is 707. The highest BCUT2D eigenvalue weighted by atomic mass is 15.2. The van der Waals surface area contributed by atoms with Crippen LogP contribution in [0.4, 0.5) is 11.4 Å². The van der Waals surface area contributed by atoms with Gasteiger partial charge in [-0.25, -0.2) is 0 Å². The number of benzene rings is 2. The second kappa shape index (κ2) is 4.12. The first-order valence-electron chi connectivity index (χ1n) is 8.23. The van der Waals surface area contributed by atoms with E-state index in [4.69, 9.17) is 4.11 Å². The van der Waals surface area contributed by atoms with Gasteiger partial charge in [0, 0.05) is 26.9 Å². The molecule has 98 valence electrons. The van der Waals surface area contributed by atoms with Crippen molar-refractivity contribution in [1.82, 2.24) is 0 Å². The van der Waals surface area contributed by atoms with Gasteiger partial charge >= 0.3 is 0 Å². The average Bonchev–Trinajstić information content (AvgIpc) is 2.70. The highest BCUT2D eigenvalue weighted by Gasteiger charge is 2.42. The Morgan fingerprint density at radius 1 is 1.05 bits per heavy atom. The van der Waals surface area contributed by atoms with Gasteiger partial charge < -0.3 is 4.90 Å². The molecule has 0 amide bonds. The van der Waals surface area contributed by atoms with Crippen LogP contribution in [-0.4, -0.2) is 6.04 Å². The maximum atomic E-state index is 8.10. The second-order valence-electron chi connectivity index (χ2n) is 5.55. The zero-order valence-corrected chi connectivity index (χ0v) is 11.6. The summed E-state index contributed by atoms with van der Waals surface area (Å²) in [6.07, 6.45) is 0. The largest absolute Gasteiger partial charge is 0.337 e. The van der Waals surface area contributed by atoms with E-state index in [1.54, 1.807) is 0 Å². The van der Waals surface area contributed by atoms with Crippen LogP contribution in [0.2, 0.25) is 0 Å². The minimum atomic E-state index is -2.06. The predicted molar refractivity (Wildman–Crippen MR) is 82.2 cm³/mol. The monoisotopic (exact) mass is 254 g/mol. The van der Waals surface area contributed by atoms with E-state index >= 15 is 0 Å². The summed E-state index contributed by atoms with van der Waals surface area (Å²) in [5, 5.41) is 0. The molecule has 1 heterocycles. The van der Waals surface area contributed by atoms with E-state index in [9.17, 15) is 0 Å². The van der Waals surface area contributed by atoms with E-state index in [2.05, 4.69) is 24.0 Å². The van der Waals surface area contributed by atoms with Crippen molar-refractivity contribution in [3.05, 3.63) is 59.7 Å². The predicted octanol–water partition coefficient (Wildman–Crippen LogP) is 4.81. The summed E-state index contributed by atoms with van der Waals surface area (Å²) < 4.78 is 24.3. The molecule has 0 radical (unpaired) electrons. The molecule has 0 aliphatic carbocycles. The Balaban J connectivity index is 2.26. The molecule has 1 aliphatic heterocycles. The lowest BCUT2D eigenvalue weighted by Crippen LogP contribution is -2.36. The van der Waals surface area contributed by atoms with E-state index in [1.165, 1.54) is 0 Å². The average molecular weight is 254 g/mol. The van der Waals surface area contributed by atoms with Gasteiger partial charge in [-0.3, -0.25) is 0 Å². The molecular weight excluding hydrogens is 230 g/mol. The van der Waals surface area contributed by atoms with Gasteiger partial charge in [-0.05, 0) is 37.1 Å². The van der Waals surface area contributed by atoms with Crippen LogP contribution in [0.3, 0.4) is 0 Å². The van der Waals surface area contributed by atoms with Crippen molar-refractivity contribution in [3.63, 3.8) is 0 Å². The normalized spacial score (nSPS) is 28.5. The minimum absolute atomic E-state index is 0.140. The van der Waals surface area contributed by atoms with Gasteiger partial charge in [0.15, 0.2) is 0 Å². The second-order valence-corrected chi connectivity index (χ2v) is 5.55. The van der Waals surface area contributed by atoms with Gasteiger partial charge in [0.25, 0.3) is 0 Å². The molecule has 0 fully saturated rings. The van der Waals surface area contributed by atoms with Gasteiger partial charge in [0.05, 0.1) is 0 Å². The first-order chi connectivity index (χ1) is 10.3. The quantitative estimate of drug-likeness (QED) is 0.705. The maximum Gasteiger partial charge on any atom is 0.0452 e. The van der Waals surface area contributed by atoms with Crippen LogP contribution in [0.25, 0.3) is 0 Å². The van der Waals surface area contributed by atoms with Crippen molar-refractivity contribution in [1.29, 1.82) is 0 Å². The Morgan fingerprint density at radius 3 is 2.37 bits per heavy atom. The third-order valence-electron chi connectivity index (χ3n) is 4.32. The SMILES string of the molecule is [2H]C([2H])([2H])C1(C)c2ccccc2N(c2ccccc2C)C1C. The number of rotatable bonds is 1. The van der Waals surface area contributed by atoms with Gasteiger partial charge in [-0.1, -0.05) is 50.2 Å². The molecule has 1 aliphatic rings. The molecule has 2 unspecified atom stereocenters. The fourth-order valence-electron chi connectivity index (χ4n) is 2.99. The molecule has 2 atom stereocenters. The lowest BCUT2D eigenvalue weighted by molar-refractivity contribution is 0.462. The standard InChI is InChI=1S/C18H21N/c1-13-9-5-7-11-16(13)19-14(2)18(3,4)15-10-6-8-12-17(15)19/h5-12,14H,1-4H3/i3D3. The maximum absolute atomic E-state index is 8.10. The summed E-state index contributed by atoms with van der Waals surface area (Å²) in [5.74, 6) is 0. The molecule has 0 saturated heterocycles. The third-order valence-corrected chi connectivity index (χ3v) is 4.32. The van der Waals surface area contributed by atoms with E-state index in [0.29, 0.717) is 0 Å². The Morgan fingerprint density at radius 2 is 1.68 bits per heavy atom. The van der Waals surface area contributed by atoms with Crippen LogP contribution in [0.1, 0.15) is 35.9 Å². The van der Waals surface area contributed by atoms with Gasteiger partial charge in [0.1, 0.15) is 0 Å². The van der Waals surface area contributed by atoms with Crippen molar-refractivity contribution in [2.24, 2.45) is 0 Å². The fourth-order valence-corrected chi connectivity index (χ4v) is 2.99. The molecule has 19 heavy (non-hydrogen) atoms. The number of para-hydroxylation sites is 2. The van der Waals surface area contributed by atoms with E-state index in [-0.39, 0.29) is 6.04 Å². The molecule has 0 aromatic heterocycles. The van der Waals surface area contributed by atoms with Crippen molar-refractivity contribution < 1.29 is 4.11 Å². The van der Waals surface area contributed by atoms with Gasteiger partial charge in [0.2, 0.25) is 0 Å². The van der Waals surface area contributed by atoms with E-state index in [0.717, 1.165) is 22.5 Å². The van der Waals surface area contributed by atoms with Crippen molar-refractivity contribution >= 4 is 11.4 Å². The van der Waals surface area contributed by atoms with Crippen molar-refractivity contribution in [2.45, 2.75) is 39.1 Å². The van der Waals surface area contributed by atoms with Crippen LogP contribution >= 0.6 is 0 Å². The summed E-state index contributed by atoms with van der Waals surface area (Å²) >= 11 is 0. The lowest BCUT2D eigenvalue weighted by Gasteiger charge is -2.32. The summed E-state index contributed by atoms with van der Waals surface area (Å²) in [5.41, 5.74) is 3.26. The first kappa shape index (κ1) is 9.19. The lowest BCUT2D eigenvalue weighted by atomic mass is 9.81. The molecule has 0 N–H and O–H groups in total. The van der Waals surface area contributed by atoms with Crippen LogP contribution in [-0.2, 0) is 5.41 Å². The van der Waals surface area contributed by atoms with Gasteiger partial charge in [-0.2, -0.15) is 0 Å². The Hall–Kier alpha value is -1.76. The van der Waals surface area contributed by atoms with E-state index < -0.39 is 12.3 Å². The number of anilines is 2. The first-order valence-corrected chi connectivity index (χ1v) is 6.73. The fraction of sp³-hybridized carbons (Fsp3) is 0.333. The third kappa shape index (κ3) is 1.68. The molecule has 1 nitrogen and oxygen atoms in total. The molecule has 3 rings (SSSR count). The number of hydrogen-bond acceptors (Lipinski definition) is 1. The molecule has 0 spiro atoms. The molecule has 0 saturated carbocycles. The number of hydrogen-bond donors (Lipinski definition) is 0. The highest BCUT2D eigenvalue weighted by molar-refractivity contribution is 5.75. The van der Waals surface area contributed by atoms with Crippen LogP contribution in [0.5, 0.6) is 0 Å².